The molecule has 1 N–H and O–H groups in total. The van der Waals surface area contributed by atoms with Crippen molar-refractivity contribution < 1.29 is 0 Å². The fraction of sp³-hybridized carbons (Fsp3) is 0.500. The fourth-order valence-electron chi connectivity index (χ4n) is 2.60. The van der Waals surface area contributed by atoms with E-state index in [4.69, 9.17) is 0 Å². The second-order valence-electron chi connectivity index (χ2n) is 5.82. The van der Waals surface area contributed by atoms with Crippen LogP contribution in [-0.2, 0) is 6.42 Å². The predicted octanol–water partition coefficient (Wildman–Crippen LogP) is 5.24. The van der Waals surface area contributed by atoms with Crippen molar-refractivity contribution in [3.05, 3.63) is 41.1 Å². The quantitative estimate of drug-likeness (QED) is 0.764. The maximum Gasteiger partial charge on any atom is 0.0682 e. The summed E-state index contributed by atoms with van der Waals surface area (Å²) in [6.45, 7) is 8.95. The first-order valence-corrected chi connectivity index (χ1v) is 7.79. The Labute approximate surface area is 122 Å². The lowest BCUT2D eigenvalue weighted by atomic mass is 9.93. The third-order valence-corrected chi connectivity index (χ3v) is 4.09. The largest absolute Gasteiger partial charge is 0.278 e. The van der Waals surface area contributed by atoms with E-state index in [9.17, 15) is 0 Å². The highest BCUT2D eigenvalue weighted by atomic mass is 15.1. The molecule has 1 unspecified atom stereocenters. The van der Waals surface area contributed by atoms with Gasteiger partial charge in [-0.1, -0.05) is 38.8 Å². The van der Waals surface area contributed by atoms with Gasteiger partial charge in [-0.3, -0.25) is 5.10 Å². The van der Waals surface area contributed by atoms with Crippen molar-refractivity contribution in [1.82, 2.24) is 10.2 Å². The Morgan fingerprint density at radius 2 is 2.00 bits per heavy atom. The van der Waals surface area contributed by atoms with Crippen LogP contribution in [-0.4, -0.2) is 10.2 Å². The Bertz CT molecular complexity index is 554. The summed E-state index contributed by atoms with van der Waals surface area (Å²) in [6, 6.07) is 6.89. The number of benzene rings is 1. The lowest BCUT2D eigenvalue weighted by molar-refractivity contribution is 0.733. The molecule has 0 amide bonds. The van der Waals surface area contributed by atoms with E-state index in [2.05, 4.69) is 56.1 Å². The lowest BCUT2D eigenvalue weighted by Gasteiger charge is -2.13. The molecule has 2 rings (SSSR count). The van der Waals surface area contributed by atoms with E-state index in [0.29, 0.717) is 5.92 Å². The molecular weight excluding hydrogens is 244 g/mol. The van der Waals surface area contributed by atoms with Gasteiger partial charge in [-0.2, -0.15) is 5.10 Å². The zero-order chi connectivity index (χ0) is 14.5. The fourth-order valence-corrected chi connectivity index (χ4v) is 2.60. The van der Waals surface area contributed by atoms with Gasteiger partial charge in [0.2, 0.25) is 0 Å². The molecule has 2 aromatic rings. The first kappa shape index (κ1) is 14.8. The zero-order valence-electron chi connectivity index (χ0n) is 13.2. The smallest absolute Gasteiger partial charge is 0.0682 e. The summed E-state index contributed by atoms with van der Waals surface area (Å²) in [5.41, 5.74) is 6.58. The van der Waals surface area contributed by atoms with Gasteiger partial charge in [-0.25, -0.2) is 0 Å². The van der Waals surface area contributed by atoms with Crippen molar-refractivity contribution >= 4 is 0 Å². The van der Waals surface area contributed by atoms with Gasteiger partial charge in [0.1, 0.15) is 0 Å². The van der Waals surface area contributed by atoms with Crippen LogP contribution in [0.15, 0.2) is 24.4 Å². The maximum absolute atomic E-state index is 4.25. The van der Waals surface area contributed by atoms with Crippen molar-refractivity contribution in [2.24, 2.45) is 0 Å². The number of aromatic amines is 1. The van der Waals surface area contributed by atoms with Crippen LogP contribution in [0.25, 0.3) is 11.3 Å². The monoisotopic (exact) mass is 270 g/mol. The van der Waals surface area contributed by atoms with Crippen molar-refractivity contribution in [2.45, 2.75) is 59.3 Å². The van der Waals surface area contributed by atoms with E-state index in [1.807, 2.05) is 6.20 Å². The van der Waals surface area contributed by atoms with Crippen LogP contribution in [0.1, 0.15) is 62.6 Å². The molecule has 0 fully saturated rings. The normalized spacial score (nSPS) is 12.6. The summed E-state index contributed by atoms with van der Waals surface area (Å²) >= 11 is 0. The van der Waals surface area contributed by atoms with Crippen LogP contribution >= 0.6 is 0 Å². The van der Waals surface area contributed by atoms with Crippen molar-refractivity contribution in [1.29, 1.82) is 0 Å². The number of rotatable bonds is 6. The van der Waals surface area contributed by atoms with E-state index in [1.165, 1.54) is 47.2 Å². The summed E-state index contributed by atoms with van der Waals surface area (Å²) in [7, 11) is 0. The highest BCUT2D eigenvalue weighted by Gasteiger charge is 2.11. The summed E-state index contributed by atoms with van der Waals surface area (Å²) in [5, 5.41) is 7.44. The highest BCUT2D eigenvalue weighted by molar-refractivity contribution is 5.64. The number of hydrogen-bond acceptors (Lipinski definition) is 1. The summed E-state index contributed by atoms with van der Waals surface area (Å²) < 4.78 is 0. The average Bonchev–Trinajstić information content (AvgIpc) is 2.91. The Hall–Kier alpha value is -1.57. The number of unbranched alkanes of at least 4 members (excludes halogenated alkanes) is 1. The van der Waals surface area contributed by atoms with Crippen LogP contribution in [0.5, 0.6) is 0 Å². The zero-order valence-corrected chi connectivity index (χ0v) is 13.2. The Kier molecular flexibility index (Phi) is 4.99. The van der Waals surface area contributed by atoms with Crippen LogP contribution < -0.4 is 0 Å². The minimum atomic E-state index is 0.607. The molecule has 1 heterocycles. The summed E-state index contributed by atoms with van der Waals surface area (Å²) in [5.74, 6) is 0.607. The van der Waals surface area contributed by atoms with Gasteiger partial charge in [-0.15, -0.1) is 0 Å². The number of H-pyrrole nitrogens is 1. The molecular formula is C18H26N2. The molecule has 20 heavy (non-hydrogen) atoms. The number of aryl methyl sites for hydroxylation is 2. The Balaban J connectivity index is 2.37. The minimum Gasteiger partial charge on any atom is -0.278 e. The molecule has 0 saturated heterocycles. The molecule has 0 aliphatic heterocycles. The van der Waals surface area contributed by atoms with Crippen LogP contribution in [0.2, 0.25) is 0 Å². The van der Waals surface area contributed by atoms with Crippen molar-refractivity contribution in [2.75, 3.05) is 0 Å². The average molecular weight is 270 g/mol. The first-order valence-electron chi connectivity index (χ1n) is 7.79. The lowest BCUT2D eigenvalue weighted by Crippen LogP contribution is -1.95. The number of aromatic nitrogens is 2. The molecule has 2 heteroatoms. The molecule has 0 saturated carbocycles. The van der Waals surface area contributed by atoms with Gasteiger partial charge in [0, 0.05) is 5.56 Å². The standard InChI is InChI=1S/C18H26N2/c1-5-7-8-15-12-19-20-18(15)17-10-13(3)9-16(11-17)14(4)6-2/h9-12,14H,5-8H2,1-4H3,(H,19,20). The van der Waals surface area contributed by atoms with Crippen molar-refractivity contribution in [3.63, 3.8) is 0 Å². The number of nitrogens with zero attached hydrogens (tertiary/aromatic N) is 1. The summed E-state index contributed by atoms with van der Waals surface area (Å²) in [6.07, 6.45) is 6.70. The molecule has 108 valence electrons. The molecule has 0 radical (unpaired) electrons. The van der Waals surface area contributed by atoms with E-state index >= 15 is 0 Å². The van der Waals surface area contributed by atoms with E-state index in [0.717, 1.165) is 6.42 Å². The van der Waals surface area contributed by atoms with Gasteiger partial charge >= 0.3 is 0 Å². The molecule has 0 aliphatic carbocycles. The van der Waals surface area contributed by atoms with Gasteiger partial charge in [0.05, 0.1) is 11.9 Å². The van der Waals surface area contributed by atoms with Crippen LogP contribution in [0, 0.1) is 6.92 Å². The third kappa shape index (κ3) is 3.30. The number of nitrogens with one attached hydrogen (secondary N) is 1. The molecule has 0 spiro atoms. The highest BCUT2D eigenvalue weighted by Crippen LogP contribution is 2.28. The van der Waals surface area contributed by atoms with Crippen molar-refractivity contribution in [3.8, 4) is 11.3 Å². The van der Waals surface area contributed by atoms with Gasteiger partial charge in [0.15, 0.2) is 0 Å². The third-order valence-electron chi connectivity index (χ3n) is 4.09. The molecule has 1 aromatic carbocycles. The predicted molar refractivity (Wildman–Crippen MR) is 86.1 cm³/mol. The molecule has 0 aliphatic rings. The van der Waals surface area contributed by atoms with Crippen LogP contribution in [0.4, 0.5) is 0 Å². The topological polar surface area (TPSA) is 28.7 Å². The molecule has 0 bridgehead atoms. The maximum atomic E-state index is 4.25. The second kappa shape index (κ2) is 6.74. The van der Waals surface area contributed by atoms with Gasteiger partial charge in [0.25, 0.3) is 0 Å². The van der Waals surface area contributed by atoms with Gasteiger partial charge < -0.3 is 0 Å². The SMILES string of the molecule is CCCCc1cn[nH]c1-c1cc(C)cc(C(C)CC)c1. The van der Waals surface area contributed by atoms with E-state index in [-0.39, 0.29) is 0 Å². The van der Waals surface area contributed by atoms with E-state index in [1.54, 1.807) is 0 Å². The van der Waals surface area contributed by atoms with Gasteiger partial charge in [-0.05, 0) is 55.4 Å². The van der Waals surface area contributed by atoms with Crippen LogP contribution in [0.3, 0.4) is 0 Å². The summed E-state index contributed by atoms with van der Waals surface area (Å²) in [4.78, 5) is 0. The Morgan fingerprint density at radius 1 is 1.20 bits per heavy atom. The molecule has 1 aromatic heterocycles. The first-order chi connectivity index (χ1) is 9.65. The second-order valence-corrected chi connectivity index (χ2v) is 5.82. The molecule has 1 atom stereocenters. The minimum absolute atomic E-state index is 0.607. The molecule has 2 nitrogen and oxygen atoms in total. The van der Waals surface area contributed by atoms with E-state index < -0.39 is 0 Å². The Morgan fingerprint density at radius 3 is 2.70 bits per heavy atom. The number of hydrogen-bond donors (Lipinski definition) is 1.